The molecule has 0 spiro atoms. The Balaban J connectivity index is 2.15. The first-order chi connectivity index (χ1) is 9.56. The number of imidazole rings is 1. The van der Waals surface area contributed by atoms with Crippen LogP contribution < -0.4 is 0 Å². The van der Waals surface area contributed by atoms with Crippen molar-refractivity contribution in [3.05, 3.63) is 63.9 Å². The molecule has 0 bridgehead atoms. The number of fused-ring (bicyclic) bond motifs is 1. The molecule has 1 aromatic heterocycles. The summed E-state index contributed by atoms with van der Waals surface area (Å²) in [5.74, 6) is -1.14. The van der Waals surface area contributed by atoms with Crippen LogP contribution in [-0.4, -0.2) is 9.55 Å². The van der Waals surface area contributed by atoms with E-state index in [0.29, 0.717) is 10.3 Å². The molecule has 2 nitrogen and oxygen atoms in total. The lowest BCUT2D eigenvalue weighted by Gasteiger charge is -2.08. The number of halogens is 2. The average Bonchev–Trinajstić information content (AvgIpc) is 2.70. The molecule has 0 aliphatic rings. The van der Waals surface area contributed by atoms with Gasteiger partial charge in [0.1, 0.15) is 11.6 Å². The summed E-state index contributed by atoms with van der Waals surface area (Å²) < 4.78 is 29.1. The van der Waals surface area contributed by atoms with E-state index in [2.05, 4.69) is 4.98 Å². The van der Waals surface area contributed by atoms with Crippen molar-refractivity contribution >= 4 is 23.3 Å². The molecule has 0 atom stereocenters. The molecule has 1 heterocycles. The third-order valence-electron chi connectivity index (χ3n) is 3.34. The molecule has 2 aromatic carbocycles. The zero-order valence-corrected chi connectivity index (χ0v) is 11.6. The van der Waals surface area contributed by atoms with Gasteiger partial charge in [0.15, 0.2) is 4.77 Å². The van der Waals surface area contributed by atoms with Crippen molar-refractivity contribution in [2.24, 2.45) is 0 Å². The van der Waals surface area contributed by atoms with Crippen LogP contribution in [0.1, 0.15) is 11.1 Å². The number of nitrogens with zero attached hydrogens (tertiary/aromatic N) is 1. The first-order valence-electron chi connectivity index (χ1n) is 6.18. The molecule has 3 rings (SSSR count). The SMILES string of the molecule is Cc1cccc2[nH]c(=S)n(Cc3ccc(F)cc3F)c12. The monoisotopic (exact) mass is 290 g/mol. The topological polar surface area (TPSA) is 20.7 Å². The average molecular weight is 290 g/mol. The summed E-state index contributed by atoms with van der Waals surface area (Å²) in [7, 11) is 0. The van der Waals surface area contributed by atoms with E-state index >= 15 is 0 Å². The minimum absolute atomic E-state index is 0.274. The first kappa shape index (κ1) is 13.0. The van der Waals surface area contributed by atoms with Crippen LogP contribution in [-0.2, 0) is 6.54 Å². The largest absolute Gasteiger partial charge is 0.331 e. The molecule has 0 fully saturated rings. The van der Waals surface area contributed by atoms with Gasteiger partial charge in [0.05, 0.1) is 17.6 Å². The second kappa shape index (κ2) is 4.83. The Morgan fingerprint density at radius 3 is 2.75 bits per heavy atom. The number of aromatic nitrogens is 2. The van der Waals surface area contributed by atoms with Crippen LogP contribution in [0, 0.1) is 23.3 Å². The molecule has 20 heavy (non-hydrogen) atoms. The predicted molar refractivity (Wildman–Crippen MR) is 77.3 cm³/mol. The highest BCUT2D eigenvalue weighted by Crippen LogP contribution is 2.20. The summed E-state index contributed by atoms with van der Waals surface area (Å²) in [5, 5.41) is 0. The molecule has 0 amide bonds. The summed E-state index contributed by atoms with van der Waals surface area (Å²) in [6, 6.07) is 9.43. The maximum absolute atomic E-state index is 13.8. The van der Waals surface area contributed by atoms with Crippen molar-refractivity contribution in [1.82, 2.24) is 9.55 Å². The zero-order chi connectivity index (χ0) is 14.3. The second-order valence-corrected chi connectivity index (χ2v) is 5.11. The summed E-state index contributed by atoms with van der Waals surface area (Å²) in [6.45, 7) is 2.25. The van der Waals surface area contributed by atoms with Crippen LogP contribution in [0.3, 0.4) is 0 Å². The van der Waals surface area contributed by atoms with Crippen LogP contribution in [0.5, 0.6) is 0 Å². The van der Waals surface area contributed by atoms with Crippen LogP contribution in [0.4, 0.5) is 8.78 Å². The molecule has 0 unspecified atom stereocenters. The number of hydrogen-bond donors (Lipinski definition) is 1. The summed E-state index contributed by atoms with van der Waals surface area (Å²) >= 11 is 5.29. The molecule has 0 aliphatic heterocycles. The van der Waals surface area contributed by atoms with E-state index in [-0.39, 0.29) is 6.54 Å². The van der Waals surface area contributed by atoms with Crippen LogP contribution >= 0.6 is 12.2 Å². The van der Waals surface area contributed by atoms with Gasteiger partial charge in [-0.05, 0) is 36.8 Å². The van der Waals surface area contributed by atoms with Crippen molar-refractivity contribution in [3.8, 4) is 0 Å². The van der Waals surface area contributed by atoms with E-state index in [9.17, 15) is 8.78 Å². The molecule has 3 aromatic rings. The fraction of sp³-hybridized carbons (Fsp3) is 0.133. The van der Waals surface area contributed by atoms with Gasteiger partial charge in [0, 0.05) is 11.6 Å². The van der Waals surface area contributed by atoms with Crippen molar-refractivity contribution in [2.75, 3.05) is 0 Å². The Kier molecular flexibility index (Phi) is 3.14. The lowest BCUT2D eigenvalue weighted by atomic mass is 10.2. The van der Waals surface area contributed by atoms with Crippen molar-refractivity contribution < 1.29 is 8.78 Å². The third-order valence-corrected chi connectivity index (χ3v) is 3.66. The Bertz CT molecular complexity index is 849. The fourth-order valence-electron chi connectivity index (χ4n) is 2.37. The molecule has 5 heteroatoms. The van der Waals surface area contributed by atoms with E-state index in [1.807, 2.05) is 29.7 Å². The van der Waals surface area contributed by atoms with Gasteiger partial charge in [0.25, 0.3) is 0 Å². The molecule has 1 N–H and O–H groups in total. The van der Waals surface area contributed by atoms with Gasteiger partial charge >= 0.3 is 0 Å². The summed E-state index contributed by atoms with van der Waals surface area (Å²) in [5.41, 5.74) is 3.32. The molecule has 0 aliphatic carbocycles. The number of benzene rings is 2. The number of nitrogens with one attached hydrogen (secondary N) is 1. The Labute approximate surface area is 119 Å². The molecular formula is C15H12F2N2S. The molecule has 102 valence electrons. The maximum atomic E-state index is 13.8. The Morgan fingerprint density at radius 2 is 2.00 bits per heavy atom. The molecule has 0 radical (unpaired) electrons. The van der Waals surface area contributed by atoms with E-state index < -0.39 is 11.6 Å². The quantitative estimate of drug-likeness (QED) is 0.697. The predicted octanol–water partition coefficient (Wildman–Crippen LogP) is 4.33. The minimum atomic E-state index is -0.579. The summed E-state index contributed by atoms with van der Waals surface area (Å²) in [6.07, 6.45) is 0. The maximum Gasteiger partial charge on any atom is 0.178 e. The molecule has 0 saturated heterocycles. The van der Waals surface area contributed by atoms with Gasteiger partial charge in [0.2, 0.25) is 0 Å². The zero-order valence-electron chi connectivity index (χ0n) is 10.8. The number of para-hydroxylation sites is 1. The van der Waals surface area contributed by atoms with Crippen molar-refractivity contribution in [2.45, 2.75) is 13.5 Å². The third kappa shape index (κ3) is 2.14. The lowest BCUT2D eigenvalue weighted by Crippen LogP contribution is -2.03. The first-order valence-corrected chi connectivity index (χ1v) is 6.59. The number of aryl methyl sites for hydroxylation is 1. The van der Waals surface area contributed by atoms with Gasteiger partial charge in [-0.25, -0.2) is 8.78 Å². The fourth-order valence-corrected chi connectivity index (χ4v) is 2.64. The minimum Gasteiger partial charge on any atom is -0.331 e. The van der Waals surface area contributed by atoms with Crippen LogP contribution in [0.25, 0.3) is 11.0 Å². The van der Waals surface area contributed by atoms with Crippen LogP contribution in [0.2, 0.25) is 0 Å². The Hall–Kier alpha value is -2.01. The van der Waals surface area contributed by atoms with Gasteiger partial charge in [-0.2, -0.15) is 0 Å². The van der Waals surface area contributed by atoms with E-state index in [1.165, 1.54) is 12.1 Å². The van der Waals surface area contributed by atoms with E-state index in [1.54, 1.807) is 0 Å². The number of H-pyrrole nitrogens is 1. The number of aromatic amines is 1. The van der Waals surface area contributed by atoms with Crippen LogP contribution in [0.15, 0.2) is 36.4 Å². The van der Waals surface area contributed by atoms with Gasteiger partial charge in [-0.3, -0.25) is 0 Å². The highest BCUT2D eigenvalue weighted by Gasteiger charge is 2.10. The van der Waals surface area contributed by atoms with Crippen molar-refractivity contribution in [1.29, 1.82) is 0 Å². The number of rotatable bonds is 2. The second-order valence-electron chi connectivity index (χ2n) is 4.72. The molecular weight excluding hydrogens is 278 g/mol. The Morgan fingerprint density at radius 1 is 1.20 bits per heavy atom. The lowest BCUT2D eigenvalue weighted by molar-refractivity contribution is 0.567. The standard InChI is InChI=1S/C15H12F2N2S/c1-9-3-2-4-13-14(9)19(15(20)18-13)8-10-5-6-11(16)7-12(10)17/h2-7H,8H2,1H3,(H,18,20). The van der Waals surface area contributed by atoms with Crippen molar-refractivity contribution in [3.63, 3.8) is 0 Å². The van der Waals surface area contributed by atoms with Gasteiger partial charge in [-0.1, -0.05) is 18.2 Å². The van der Waals surface area contributed by atoms with E-state index in [0.717, 1.165) is 22.7 Å². The highest BCUT2D eigenvalue weighted by atomic mass is 32.1. The number of hydrogen-bond acceptors (Lipinski definition) is 1. The highest BCUT2D eigenvalue weighted by molar-refractivity contribution is 7.71. The molecule has 0 saturated carbocycles. The van der Waals surface area contributed by atoms with E-state index in [4.69, 9.17) is 12.2 Å². The normalized spacial score (nSPS) is 11.2. The van der Waals surface area contributed by atoms with Gasteiger partial charge in [-0.15, -0.1) is 0 Å². The summed E-state index contributed by atoms with van der Waals surface area (Å²) in [4.78, 5) is 3.10. The smallest absolute Gasteiger partial charge is 0.178 e. The van der Waals surface area contributed by atoms with Gasteiger partial charge < -0.3 is 9.55 Å².